The number of hydrogen-bond acceptors (Lipinski definition) is 6. The Balaban J connectivity index is 2.76. The fraction of sp³-hybridized carbons (Fsp3) is 0.364. The van der Waals surface area contributed by atoms with Crippen molar-refractivity contribution < 1.29 is 17.9 Å². The van der Waals surface area contributed by atoms with Crippen molar-refractivity contribution in [3.8, 4) is 0 Å². The number of anilines is 2. The summed E-state index contributed by atoms with van der Waals surface area (Å²) in [6.07, 6.45) is 0.201. The van der Waals surface area contributed by atoms with Crippen molar-refractivity contribution in [2.75, 3.05) is 31.8 Å². The highest BCUT2D eigenvalue weighted by Gasteiger charge is 2.12. The number of sulfonamides is 1. The number of carbonyl (C=O) groups excluding carboxylic acids is 1. The predicted octanol–water partition coefficient (Wildman–Crippen LogP) is 0.152. The van der Waals surface area contributed by atoms with E-state index in [0.29, 0.717) is 17.9 Å². The first-order chi connectivity index (χ1) is 8.90. The van der Waals surface area contributed by atoms with E-state index in [2.05, 4.69) is 14.8 Å². The molecule has 1 aromatic carbocycles. The van der Waals surface area contributed by atoms with Gasteiger partial charge in [0.05, 0.1) is 29.8 Å². The molecular weight excluding hydrogens is 270 g/mol. The van der Waals surface area contributed by atoms with Crippen LogP contribution in [-0.2, 0) is 19.6 Å². The Bertz CT molecular complexity index is 557. The number of hydrogen-bond donors (Lipinski definition) is 3. The highest BCUT2D eigenvalue weighted by atomic mass is 32.2. The predicted molar refractivity (Wildman–Crippen MR) is 72.2 cm³/mol. The van der Waals surface area contributed by atoms with Crippen LogP contribution in [0.4, 0.5) is 11.4 Å². The summed E-state index contributed by atoms with van der Waals surface area (Å²) in [4.78, 5) is 11.0. The SMILES string of the molecule is CNS(=O)(=O)c1ccc(NCCC(=O)OC)c(N)c1. The van der Waals surface area contributed by atoms with E-state index in [0.717, 1.165) is 0 Å². The number of carbonyl (C=O) groups is 1. The minimum absolute atomic E-state index is 0.0889. The first kappa shape index (κ1) is 15.3. The molecule has 0 heterocycles. The molecule has 0 unspecified atom stereocenters. The smallest absolute Gasteiger partial charge is 0.307 e. The molecule has 0 radical (unpaired) electrons. The Morgan fingerprint density at radius 3 is 2.63 bits per heavy atom. The average Bonchev–Trinajstić information content (AvgIpc) is 2.40. The Kier molecular flexibility index (Phi) is 5.13. The molecule has 0 fully saturated rings. The fourth-order valence-corrected chi connectivity index (χ4v) is 2.15. The molecule has 0 bridgehead atoms. The van der Waals surface area contributed by atoms with Crippen LogP contribution in [0.25, 0.3) is 0 Å². The highest BCUT2D eigenvalue weighted by Crippen LogP contribution is 2.22. The number of nitrogen functional groups attached to an aromatic ring is 1. The topological polar surface area (TPSA) is 111 Å². The quantitative estimate of drug-likeness (QED) is 0.507. The van der Waals surface area contributed by atoms with Crippen molar-refractivity contribution in [1.82, 2.24) is 4.72 Å². The summed E-state index contributed by atoms with van der Waals surface area (Å²) in [6.45, 7) is 0.356. The molecule has 0 saturated carbocycles. The summed E-state index contributed by atoms with van der Waals surface area (Å²) < 4.78 is 29.8. The summed E-state index contributed by atoms with van der Waals surface area (Å²) in [7, 11) is -0.866. The zero-order valence-corrected chi connectivity index (χ0v) is 11.6. The number of ether oxygens (including phenoxy) is 1. The highest BCUT2D eigenvalue weighted by molar-refractivity contribution is 7.89. The second-order valence-corrected chi connectivity index (χ2v) is 5.60. The lowest BCUT2D eigenvalue weighted by atomic mass is 10.2. The van der Waals surface area contributed by atoms with Crippen molar-refractivity contribution in [1.29, 1.82) is 0 Å². The zero-order valence-electron chi connectivity index (χ0n) is 10.8. The Morgan fingerprint density at radius 2 is 2.11 bits per heavy atom. The number of esters is 1. The van der Waals surface area contributed by atoms with Gasteiger partial charge in [-0.2, -0.15) is 0 Å². The van der Waals surface area contributed by atoms with Gasteiger partial charge in [-0.3, -0.25) is 4.79 Å². The van der Waals surface area contributed by atoms with E-state index >= 15 is 0 Å². The molecular formula is C11H17N3O4S. The summed E-state index contributed by atoms with van der Waals surface area (Å²) in [6, 6.07) is 4.34. The van der Waals surface area contributed by atoms with E-state index < -0.39 is 10.0 Å². The molecule has 1 rings (SSSR count). The molecule has 8 heteroatoms. The minimum atomic E-state index is -3.51. The van der Waals surface area contributed by atoms with Crippen LogP contribution in [0.5, 0.6) is 0 Å². The summed E-state index contributed by atoms with van der Waals surface area (Å²) in [5, 5.41) is 2.93. The third-order valence-electron chi connectivity index (χ3n) is 2.47. The minimum Gasteiger partial charge on any atom is -0.469 e. The Labute approximate surface area is 112 Å². The van der Waals surface area contributed by atoms with Gasteiger partial charge in [0, 0.05) is 6.54 Å². The number of benzene rings is 1. The molecule has 0 saturated heterocycles. The molecule has 7 nitrogen and oxygen atoms in total. The molecule has 4 N–H and O–H groups in total. The number of nitrogens with one attached hydrogen (secondary N) is 2. The van der Waals surface area contributed by atoms with Crippen molar-refractivity contribution in [3.63, 3.8) is 0 Å². The van der Waals surface area contributed by atoms with Gasteiger partial charge < -0.3 is 15.8 Å². The largest absolute Gasteiger partial charge is 0.469 e. The van der Waals surface area contributed by atoms with Gasteiger partial charge in [-0.05, 0) is 25.2 Å². The van der Waals surface area contributed by atoms with E-state index in [1.165, 1.54) is 26.3 Å². The van der Waals surface area contributed by atoms with Gasteiger partial charge >= 0.3 is 5.97 Å². The van der Waals surface area contributed by atoms with Gasteiger partial charge in [0.1, 0.15) is 0 Å². The number of methoxy groups -OCH3 is 1. The van der Waals surface area contributed by atoms with Crippen LogP contribution in [0.1, 0.15) is 6.42 Å². The molecule has 0 amide bonds. The van der Waals surface area contributed by atoms with E-state index in [4.69, 9.17) is 5.73 Å². The second kappa shape index (κ2) is 6.39. The standard InChI is InChI=1S/C11H17N3O4S/c1-13-19(16,17)8-3-4-10(9(12)7-8)14-6-5-11(15)18-2/h3-4,7,13-14H,5-6,12H2,1-2H3. The zero-order chi connectivity index (χ0) is 14.5. The average molecular weight is 287 g/mol. The van der Waals surface area contributed by atoms with Gasteiger partial charge in [-0.1, -0.05) is 0 Å². The first-order valence-corrected chi connectivity index (χ1v) is 7.03. The molecule has 0 aliphatic rings. The second-order valence-electron chi connectivity index (χ2n) is 3.71. The van der Waals surface area contributed by atoms with Crippen LogP contribution in [0.2, 0.25) is 0 Å². The Hall–Kier alpha value is -1.80. The molecule has 0 spiro atoms. The van der Waals surface area contributed by atoms with Crippen LogP contribution < -0.4 is 15.8 Å². The maximum absolute atomic E-state index is 11.6. The van der Waals surface area contributed by atoms with Crippen molar-refractivity contribution >= 4 is 27.4 Å². The first-order valence-electron chi connectivity index (χ1n) is 5.54. The molecule has 0 aliphatic carbocycles. The fourth-order valence-electron chi connectivity index (χ4n) is 1.39. The molecule has 0 aliphatic heterocycles. The van der Waals surface area contributed by atoms with E-state index in [1.54, 1.807) is 6.07 Å². The summed E-state index contributed by atoms with van der Waals surface area (Å²) in [5.41, 5.74) is 6.61. The van der Waals surface area contributed by atoms with Crippen LogP contribution in [0.15, 0.2) is 23.1 Å². The number of rotatable bonds is 6. The van der Waals surface area contributed by atoms with E-state index in [1.807, 2.05) is 0 Å². The van der Waals surface area contributed by atoms with Crippen LogP contribution in [0, 0.1) is 0 Å². The normalized spacial score (nSPS) is 11.1. The molecule has 0 atom stereocenters. The van der Waals surface area contributed by atoms with Crippen molar-refractivity contribution in [2.45, 2.75) is 11.3 Å². The van der Waals surface area contributed by atoms with Gasteiger partial charge in [0.25, 0.3) is 0 Å². The van der Waals surface area contributed by atoms with Crippen LogP contribution in [0.3, 0.4) is 0 Å². The van der Waals surface area contributed by atoms with Crippen LogP contribution >= 0.6 is 0 Å². The molecule has 0 aromatic heterocycles. The van der Waals surface area contributed by atoms with Gasteiger partial charge in [-0.15, -0.1) is 0 Å². The van der Waals surface area contributed by atoms with Crippen LogP contribution in [-0.4, -0.2) is 35.1 Å². The van der Waals surface area contributed by atoms with Crippen molar-refractivity contribution in [2.24, 2.45) is 0 Å². The Morgan fingerprint density at radius 1 is 1.42 bits per heavy atom. The lowest BCUT2D eigenvalue weighted by molar-refractivity contribution is -0.140. The lowest BCUT2D eigenvalue weighted by Gasteiger charge is -2.10. The maximum Gasteiger partial charge on any atom is 0.307 e. The van der Waals surface area contributed by atoms with Gasteiger partial charge in [0.2, 0.25) is 10.0 Å². The third-order valence-corrected chi connectivity index (χ3v) is 3.89. The molecule has 19 heavy (non-hydrogen) atoms. The van der Waals surface area contributed by atoms with Crippen molar-refractivity contribution in [3.05, 3.63) is 18.2 Å². The maximum atomic E-state index is 11.6. The van der Waals surface area contributed by atoms with E-state index in [-0.39, 0.29) is 17.3 Å². The lowest BCUT2D eigenvalue weighted by Crippen LogP contribution is -2.19. The molecule has 1 aromatic rings. The number of nitrogens with two attached hydrogens (primary N) is 1. The van der Waals surface area contributed by atoms with Gasteiger partial charge in [0.15, 0.2) is 0 Å². The molecule has 106 valence electrons. The summed E-state index contributed by atoms with van der Waals surface area (Å²) >= 11 is 0. The van der Waals surface area contributed by atoms with E-state index in [9.17, 15) is 13.2 Å². The monoisotopic (exact) mass is 287 g/mol. The third kappa shape index (κ3) is 4.11. The van der Waals surface area contributed by atoms with Gasteiger partial charge in [-0.25, -0.2) is 13.1 Å². The summed E-state index contributed by atoms with van der Waals surface area (Å²) in [5.74, 6) is -0.333.